The summed E-state index contributed by atoms with van der Waals surface area (Å²) in [5.74, 6) is 0.864. The third-order valence-electron chi connectivity index (χ3n) is 11.2. The molecule has 0 aliphatic carbocycles. The van der Waals surface area contributed by atoms with E-state index in [0.29, 0.717) is 0 Å². The summed E-state index contributed by atoms with van der Waals surface area (Å²) in [6, 6.07) is 76.4. The minimum atomic E-state index is 0.864. The van der Waals surface area contributed by atoms with Crippen molar-refractivity contribution in [1.82, 2.24) is 0 Å². The van der Waals surface area contributed by atoms with E-state index in [1.807, 2.05) is 6.07 Å². The first kappa shape index (κ1) is 32.0. The van der Waals surface area contributed by atoms with Crippen molar-refractivity contribution in [3.8, 4) is 33.6 Å². The van der Waals surface area contributed by atoms with Gasteiger partial charge >= 0.3 is 0 Å². The van der Waals surface area contributed by atoms with Crippen LogP contribution in [0.2, 0.25) is 0 Å². The summed E-state index contributed by atoms with van der Waals surface area (Å²) in [4.78, 5) is 2.36. The van der Waals surface area contributed by atoms with Crippen molar-refractivity contribution in [2.24, 2.45) is 0 Å². The van der Waals surface area contributed by atoms with E-state index in [1.54, 1.807) is 0 Å². The van der Waals surface area contributed by atoms with E-state index in [4.69, 9.17) is 4.42 Å². The summed E-state index contributed by atoms with van der Waals surface area (Å²) in [5.41, 5.74) is 9.73. The second-order valence-electron chi connectivity index (χ2n) is 14.5. The van der Waals surface area contributed by atoms with Crippen LogP contribution in [0, 0.1) is 0 Å². The maximum absolute atomic E-state index is 6.68. The first-order valence-electron chi connectivity index (χ1n) is 19.2. The Morgan fingerprint density at radius 1 is 0.286 bits per heavy atom. The SMILES string of the molecule is c1ccc(-c2c(-c3cccc(N(c4ccc(-c5ccc6c(ccc7ccccc76)c5)cc4)c4ccc5c(ccc6ccccc65)c4)c3)oc3ccccc23)cc1. The van der Waals surface area contributed by atoms with E-state index in [0.717, 1.165) is 50.5 Å². The average Bonchev–Trinajstić information content (AvgIpc) is 3.67. The molecule has 0 amide bonds. The van der Waals surface area contributed by atoms with Crippen molar-refractivity contribution < 1.29 is 4.42 Å². The number of hydrogen-bond donors (Lipinski definition) is 0. The Morgan fingerprint density at radius 3 is 1.57 bits per heavy atom. The quantitative estimate of drug-likeness (QED) is 0.160. The number of rotatable bonds is 6. The molecule has 0 spiro atoms. The molecule has 0 unspecified atom stereocenters. The number of anilines is 3. The lowest BCUT2D eigenvalue weighted by Gasteiger charge is -2.26. The van der Waals surface area contributed by atoms with Gasteiger partial charge in [-0.2, -0.15) is 0 Å². The molecule has 0 saturated heterocycles. The van der Waals surface area contributed by atoms with Gasteiger partial charge in [0.1, 0.15) is 11.3 Å². The Hall–Kier alpha value is -7.42. The van der Waals surface area contributed by atoms with E-state index in [-0.39, 0.29) is 0 Å². The molecule has 0 aliphatic heterocycles. The number of para-hydroxylation sites is 1. The molecule has 0 atom stereocenters. The fourth-order valence-electron chi connectivity index (χ4n) is 8.51. The normalized spacial score (nSPS) is 11.6. The summed E-state index contributed by atoms with van der Waals surface area (Å²) in [5, 5.41) is 11.1. The molecule has 0 N–H and O–H groups in total. The fourth-order valence-corrected chi connectivity index (χ4v) is 8.51. The van der Waals surface area contributed by atoms with Crippen LogP contribution in [0.15, 0.2) is 217 Å². The lowest BCUT2D eigenvalue weighted by atomic mass is 9.97. The summed E-state index contributed by atoms with van der Waals surface area (Å²) in [6.45, 7) is 0. The highest BCUT2D eigenvalue weighted by Gasteiger charge is 2.20. The number of benzene rings is 10. The van der Waals surface area contributed by atoms with E-state index < -0.39 is 0 Å². The predicted octanol–water partition coefficient (Wildman–Crippen LogP) is 15.5. The maximum Gasteiger partial charge on any atom is 0.143 e. The molecule has 11 rings (SSSR count). The van der Waals surface area contributed by atoms with E-state index in [9.17, 15) is 0 Å². The molecule has 0 saturated carbocycles. The molecule has 0 aliphatic rings. The predicted molar refractivity (Wildman–Crippen MR) is 237 cm³/mol. The summed E-state index contributed by atoms with van der Waals surface area (Å²) < 4.78 is 6.68. The molecule has 0 fully saturated rings. The first-order valence-corrected chi connectivity index (χ1v) is 19.2. The molecule has 2 heteroatoms. The zero-order chi connectivity index (χ0) is 37.0. The maximum atomic E-state index is 6.68. The van der Waals surface area contributed by atoms with Gasteiger partial charge in [-0.15, -0.1) is 0 Å². The van der Waals surface area contributed by atoms with Gasteiger partial charge in [-0.05, 0) is 108 Å². The smallest absolute Gasteiger partial charge is 0.143 e. The topological polar surface area (TPSA) is 16.4 Å². The largest absolute Gasteiger partial charge is 0.455 e. The minimum absolute atomic E-state index is 0.864. The zero-order valence-corrected chi connectivity index (χ0v) is 30.6. The van der Waals surface area contributed by atoms with Gasteiger partial charge in [0.2, 0.25) is 0 Å². The van der Waals surface area contributed by atoms with Crippen LogP contribution in [0.4, 0.5) is 17.1 Å². The Bertz CT molecular complexity index is 3250. The Kier molecular flexibility index (Phi) is 7.53. The van der Waals surface area contributed by atoms with Crippen LogP contribution in [-0.4, -0.2) is 0 Å². The fraction of sp³-hybridized carbons (Fsp3) is 0. The third-order valence-corrected chi connectivity index (χ3v) is 11.2. The zero-order valence-electron chi connectivity index (χ0n) is 30.6. The first-order chi connectivity index (χ1) is 27.7. The van der Waals surface area contributed by atoms with Gasteiger partial charge in [0, 0.05) is 33.6 Å². The molecule has 1 aromatic heterocycles. The molecule has 10 aromatic carbocycles. The van der Waals surface area contributed by atoms with Crippen LogP contribution in [0.5, 0.6) is 0 Å². The van der Waals surface area contributed by atoms with Gasteiger partial charge in [0.25, 0.3) is 0 Å². The second-order valence-corrected chi connectivity index (χ2v) is 14.5. The summed E-state index contributed by atoms with van der Waals surface area (Å²) >= 11 is 0. The van der Waals surface area contributed by atoms with Crippen molar-refractivity contribution >= 4 is 71.1 Å². The van der Waals surface area contributed by atoms with E-state index in [2.05, 4.69) is 211 Å². The van der Waals surface area contributed by atoms with Crippen molar-refractivity contribution in [1.29, 1.82) is 0 Å². The van der Waals surface area contributed by atoms with E-state index in [1.165, 1.54) is 54.2 Å². The standard InChI is InChI=1S/C54H35NO/c1-2-13-39(14-3-1)53-51-19-8-9-20-52(51)56-54(53)43-15-10-16-45(35-43)55(46-30-32-50-42(34-46)24-22-38-12-5-7-18-48(38)50)44-28-25-36(26-29-44)40-27-31-49-41(33-40)23-21-37-11-4-6-17-47(37)49/h1-35H. The Balaban J connectivity index is 1.05. The molecule has 0 bridgehead atoms. The summed E-state index contributed by atoms with van der Waals surface area (Å²) in [7, 11) is 0. The van der Waals surface area contributed by atoms with E-state index >= 15 is 0 Å². The molecular weight excluding hydrogens is 679 g/mol. The number of furan rings is 1. The van der Waals surface area contributed by atoms with Crippen LogP contribution in [0.1, 0.15) is 0 Å². The van der Waals surface area contributed by atoms with Crippen LogP contribution in [0.3, 0.4) is 0 Å². The van der Waals surface area contributed by atoms with Crippen molar-refractivity contribution in [3.05, 3.63) is 212 Å². The minimum Gasteiger partial charge on any atom is -0.455 e. The average molecular weight is 714 g/mol. The third kappa shape index (κ3) is 5.42. The van der Waals surface area contributed by atoms with Crippen LogP contribution >= 0.6 is 0 Å². The monoisotopic (exact) mass is 713 g/mol. The molecule has 11 aromatic rings. The molecule has 2 nitrogen and oxygen atoms in total. The lowest BCUT2D eigenvalue weighted by Crippen LogP contribution is -2.10. The second kappa shape index (κ2) is 13.2. The Labute approximate surface area is 325 Å². The van der Waals surface area contributed by atoms with Crippen LogP contribution in [-0.2, 0) is 0 Å². The highest BCUT2D eigenvalue weighted by Crippen LogP contribution is 2.44. The molecule has 56 heavy (non-hydrogen) atoms. The van der Waals surface area contributed by atoms with Crippen molar-refractivity contribution in [2.75, 3.05) is 4.90 Å². The molecule has 1 heterocycles. The molecule has 0 radical (unpaired) electrons. The summed E-state index contributed by atoms with van der Waals surface area (Å²) in [6.07, 6.45) is 0. The van der Waals surface area contributed by atoms with Gasteiger partial charge in [-0.25, -0.2) is 0 Å². The van der Waals surface area contributed by atoms with Crippen molar-refractivity contribution in [2.45, 2.75) is 0 Å². The highest BCUT2D eigenvalue weighted by molar-refractivity contribution is 6.10. The number of nitrogens with zero attached hydrogens (tertiary/aromatic N) is 1. The van der Waals surface area contributed by atoms with Gasteiger partial charge in [0.05, 0.1) is 0 Å². The number of fused-ring (bicyclic) bond motifs is 7. The van der Waals surface area contributed by atoms with Gasteiger partial charge in [-0.3, -0.25) is 0 Å². The van der Waals surface area contributed by atoms with Gasteiger partial charge in [-0.1, -0.05) is 164 Å². The molecular formula is C54H35NO. The van der Waals surface area contributed by atoms with Gasteiger partial charge in [0.15, 0.2) is 0 Å². The van der Waals surface area contributed by atoms with Gasteiger partial charge < -0.3 is 9.32 Å². The number of hydrogen-bond acceptors (Lipinski definition) is 2. The van der Waals surface area contributed by atoms with Crippen molar-refractivity contribution in [3.63, 3.8) is 0 Å². The Morgan fingerprint density at radius 2 is 0.821 bits per heavy atom. The lowest BCUT2D eigenvalue weighted by molar-refractivity contribution is 0.632. The van der Waals surface area contributed by atoms with Crippen LogP contribution < -0.4 is 4.90 Å². The molecule has 262 valence electrons. The van der Waals surface area contributed by atoms with Crippen LogP contribution in [0.25, 0.3) is 87.6 Å². The highest BCUT2D eigenvalue weighted by atomic mass is 16.3.